The minimum Gasteiger partial charge on any atom is -0.311 e. The van der Waals surface area contributed by atoms with Crippen molar-refractivity contribution in [1.29, 1.82) is 0 Å². The first-order valence-electron chi connectivity index (χ1n) is 9.24. The minimum atomic E-state index is 0.102. The Morgan fingerprint density at radius 2 is 2.11 bits per heavy atom. The quantitative estimate of drug-likeness (QED) is 0.478. The van der Waals surface area contributed by atoms with Gasteiger partial charge in [0.1, 0.15) is 11.2 Å². The molecule has 0 unspecified atom stereocenters. The summed E-state index contributed by atoms with van der Waals surface area (Å²) < 4.78 is 1.89. The number of anilines is 1. The van der Waals surface area contributed by atoms with Crippen LogP contribution in [0.15, 0.2) is 35.7 Å². The molecule has 4 aromatic rings. The summed E-state index contributed by atoms with van der Waals surface area (Å²) in [5, 5.41) is 10.5. The third kappa shape index (κ3) is 2.79. The molecule has 0 N–H and O–H groups in total. The van der Waals surface area contributed by atoms with Gasteiger partial charge in [0, 0.05) is 17.1 Å². The number of aromatic nitrogens is 4. The Bertz CT molecular complexity index is 1210. The zero-order chi connectivity index (χ0) is 19.3. The predicted octanol–water partition coefficient (Wildman–Crippen LogP) is 4.03. The number of amides is 1. The van der Waals surface area contributed by atoms with E-state index in [-0.39, 0.29) is 5.91 Å². The summed E-state index contributed by atoms with van der Waals surface area (Å²) in [5.41, 5.74) is 4.29. The first kappa shape index (κ1) is 17.6. The number of thiophene rings is 1. The van der Waals surface area contributed by atoms with Gasteiger partial charge in [0.25, 0.3) is 0 Å². The number of hydrogen-bond acceptors (Lipinski definition) is 6. The topological polar surface area (TPSA) is 63.4 Å². The van der Waals surface area contributed by atoms with Gasteiger partial charge in [0.2, 0.25) is 5.91 Å². The third-order valence-corrected chi connectivity index (χ3v) is 7.32. The second kappa shape index (κ2) is 6.86. The lowest BCUT2D eigenvalue weighted by Gasteiger charge is -2.29. The smallest absolute Gasteiger partial charge is 0.237 e. The van der Waals surface area contributed by atoms with E-state index < -0.39 is 0 Å². The Balaban J connectivity index is 1.41. The van der Waals surface area contributed by atoms with E-state index in [9.17, 15) is 4.79 Å². The van der Waals surface area contributed by atoms with Crippen LogP contribution in [0.2, 0.25) is 0 Å². The van der Waals surface area contributed by atoms with Crippen molar-refractivity contribution in [2.75, 3.05) is 17.2 Å². The van der Waals surface area contributed by atoms with Crippen molar-refractivity contribution in [3.05, 3.63) is 46.6 Å². The lowest BCUT2D eigenvalue weighted by Crippen LogP contribution is -2.36. The number of fused-ring (bicyclic) bond motifs is 4. The highest BCUT2D eigenvalue weighted by Crippen LogP contribution is 2.32. The number of para-hydroxylation sites is 1. The summed E-state index contributed by atoms with van der Waals surface area (Å²) in [5.74, 6) is 0.430. The van der Waals surface area contributed by atoms with E-state index in [0.717, 1.165) is 40.9 Å². The van der Waals surface area contributed by atoms with Crippen LogP contribution in [0.25, 0.3) is 15.9 Å². The standard InChI is InChI=1S/C20H19N5OS2/c1-12-13(2)28-19-17(12)18-22-23-20(25(18)11-21-19)27-10-16(26)24-9-5-7-14-6-3-4-8-15(14)24/h3-4,6,8,11H,5,7,9-10H2,1-2H3. The maximum absolute atomic E-state index is 12.9. The van der Waals surface area contributed by atoms with Crippen LogP contribution in [0.3, 0.4) is 0 Å². The zero-order valence-electron chi connectivity index (χ0n) is 15.7. The van der Waals surface area contributed by atoms with Crippen molar-refractivity contribution in [2.24, 2.45) is 0 Å². The molecule has 0 atom stereocenters. The Labute approximate surface area is 170 Å². The molecule has 5 rings (SSSR count). The fraction of sp³-hybridized carbons (Fsp3) is 0.300. The molecule has 0 bridgehead atoms. The predicted molar refractivity (Wildman–Crippen MR) is 113 cm³/mol. The monoisotopic (exact) mass is 409 g/mol. The molecule has 1 aromatic carbocycles. The number of carbonyl (C=O) groups excluding carboxylic acids is 1. The maximum atomic E-state index is 12.9. The van der Waals surface area contributed by atoms with E-state index in [1.54, 1.807) is 17.7 Å². The van der Waals surface area contributed by atoms with Gasteiger partial charge in [-0.15, -0.1) is 21.5 Å². The molecular weight excluding hydrogens is 390 g/mol. The molecule has 1 amide bonds. The molecule has 1 aliphatic heterocycles. The van der Waals surface area contributed by atoms with Crippen molar-refractivity contribution in [1.82, 2.24) is 19.6 Å². The highest BCUT2D eigenvalue weighted by atomic mass is 32.2. The van der Waals surface area contributed by atoms with Crippen LogP contribution >= 0.6 is 23.1 Å². The zero-order valence-corrected chi connectivity index (χ0v) is 17.3. The second-order valence-electron chi connectivity index (χ2n) is 6.95. The highest BCUT2D eigenvalue weighted by molar-refractivity contribution is 7.99. The summed E-state index contributed by atoms with van der Waals surface area (Å²) in [6.45, 7) is 4.96. The van der Waals surface area contributed by atoms with Gasteiger partial charge >= 0.3 is 0 Å². The molecule has 8 heteroatoms. The normalized spacial score (nSPS) is 14.0. The first-order chi connectivity index (χ1) is 13.6. The molecule has 142 valence electrons. The van der Waals surface area contributed by atoms with Gasteiger partial charge < -0.3 is 4.90 Å². The Hall–Kier alpha value is -2.45. The third-order valence-electron chi connectivity index (χ3n) is 5.28. The Kier molecular flexibility index (Phi) is 4.32. The van der Waals surface area contributed by atoms with Crippen LogP contribution in [0.4, 0.5) is 5.69 Å². The van der Waals surface area contributed by atoms with Gasteiger partial charge in [-0.3, -0.25) is 9.20 Å². The van der Waals surface area contributed by atoms with Gasteiger partial charge in [-0.2, -0.15) is 0 Å². The van der Waals surface area contributed by atoms with Crippen molar-refractivity contribution < 1.29 is 4.79 Å². The van der Waals surface area contributed by atoms with Gasteiger partial charge in [0.05, 0.1) is 11.1 Å². The number of benzene rings is 1. The van der Waals surface area contributed by atoms with Gasteiger partial charge in [0.15, 0.2) is 10.8 Å². The molecular formula is C20H19N5OS2. The summed E-state index contributed by atoms with van der Waals surface area (Å²) in [4.78, 5) is 21.6. The molecule has 4 heterocycles. The second-order valence-corrected chi connectivity index (χ2v) is 9.10. The van der Waals surface area contributed by atoms with E-state index >= 15 is 0 Å². The van der Waals surface area contributed by atoms with Crippen molar-refractivity contribution in [3.8, 4) is 0 Å². The summed E-state index contributed by atoms with van der Waals surface area (Å²) in [6.07, 6.45) is 3.79. The van der Waals surface area contributed by atoms with E-state index in [0.29, 0.717) is 10.9 Å². The molecule has 0 fully saturated rings. The lowest BCUT2D eigenvalue weighted by molar-refractivity contribution is -0.116. The number of rotatable bonds is 3. The number of hydrogen-bond donors (Lipinski definition) is 0. The number of nitrogens with zero attached hydrogens (tertiary/aromatic N) is 5. The fourth-order valence-corrected chi connectivity index (χ4v) is 5.49. The van der Waals surface area contributed by atoms with Crippen LogP contribution in [-0.4, -0.2) is 37.8 Å². The molecule has 0 aliphatic carbocycles. The van der Waals surface area contributed by atoms with Crippen LogP contribution in [0.1, 0.15) is 22.4 Å². The van der Waals surface area contributed by atoms with E-state index in [1.165, 1.54) is 27.8 Å². The van der Waals surface area contributed by atoms with E-state index in [4.69, 9.17) is 0 Å². The highest BCUT2D eigenvalue weighted by Gasteiger charge is 2.23. The minimum absolute atomic E-state index is 0.102. The summed E-state index contributed by atoms with van der Waals surface area (Å²) >= 11 is 3.09. The average Bonchev–Trinajstić information content (AvgIpc) is 3.26. The van der Waals surface area contributed by atoms with Crippen LogP contribution in [-0.2, 0) is 11.2 Å². The maximum Gasteiger partial charge on any atom is 0.237 e. The molecule has 0 radical (unpaired) electrons. The first-order valence-corrected chi connectivity index (χ1v) is 11.0. The van der Waals surface area contributed by atoms with Crippen molar-refractivity contribution in [2.45, 2.75) is 31.8 Å². The average molecular weight is 410 g/mol. The van der Waals surface area contributed by atoms with Crippen LogP contribution in [0, 0.1) is 13.8 Å². The molecule has 28 heavy (non-hydrogen) atoms. The van der Waals surface area contributed by atoms with E-state index in [2.05, 4.69) is 35.1 Å². The molecule has 0 saturated carbocycles. The number of thioether (sulfide) groups is 1. The van der Waals surface area contributed by atoms with Crippen molar-refractivity contribution >= 4 is 50.6 Å². The molecule has 0 spiro atoms. The van der Waals surface area contributed by atoms with Gasteiger partial charge in [-0.1, -0.05) is 30.0 Å². The number of carbonyl (C=O) groups is 1. The largest absolute Gasteiger partial charge is 0.311 e. The fourth-order valence-electron chi connectivity index (χ4n) is 3.72. The lowest BCUT2D eigenvalue weighted by atomic mass is 10.0. The van der Waals surface area contributed by atoms with Crippen LogP contribution in [0.5, 0.6) is 0 Å². The van der Waals surface area contributed by atoms with Crippen LogP contribution < -0.4 is 4.90 Å². The van der Waals surface area contributed by atoms with Crippen molar-refractivity contribution in [3.63, 3.8) is 0 Å². The summed E-state index contributed by atoms with van der Waals surface area (Å²) in [6, 6.07) is 8.17. The Morgan fingerprint density at radius 3 is 3.00 bits per heavy atom. The molecule has 6 nitrogen and oxygen atoms in total. The molecule has 3 aromatic heterocycles. The van der Waals surface area contributed by atoms with E-state index in [1.807, 2.05) is 27.5 Å². The number of aryl methyl sites for hydroxylation is 3. The molecule has 0 saturated heterocycles. The SMILES string of the molecule is Cc1sc2ncn3c(SCC(=O)N4CCCc5ccccc54)nnc3c2c1C. The summed E-state index contributed by atoms with van der Waals surface area (Å²) in [7, 11) is 0. The van der Waals surface area contributed by atoms with Gasteiger partial charge in [-0.25, -0.2) is 4.98 Å². The molecule has 1 aliphatic rings. The van der Waals surface area contributed by atoms with Gasteiger partial charge in [-0.05, 0) is 43.9 Å². The Morgan fingerprint density at radius 1 is 1.25 bits per heavy atom.